The summed E-state index contributed by atoms with van der Waals surface area (Å²) in [5.41, 5.74) is -1.26. The summed E-state index contributed by atoms with van der Waals surface area (Å²) in [6.07, 6.45) is -4.07. The largest absolute Gasteiger partial charge is 0.416 e. The average molecular weight is 353 g/mol. The molecule has 2 amide bonds. The number of carbonyl (C=O) groups is 2. The van der Waals surface area contributed by atoms with Gasteiger partial charge in [0.2, 0.25) is 0 Å². The Bertz CT molecular complexity index is 565. The van der Waals surface area contributed by atoms with Crippen molar-refractivity contribution < 1.29 is 27.5 Å². The Morgan fingerprint density at radius 3 is 2.57 bits per heavy atom. The lowest BCUT2D eigenvalue weighted by Crippen LogP contribution is -2.36. The van der Waals surface area contributed by atoms with Crippen LogP contribution >= 0.6 is 11.6 Å². The van der Waals surface area contributed by atoms with E-state index in [4.69, 9.17) is 16.3 Å². The molecule has 0 aliphatic rings. The molecule has 0 radical (unpaired) electrons. The molecule has 0 saturated carbocycles. The van der Waals surface area contributed by atoms with Crippen molar-refractivity contribution in [3.63, 3.8) is 0 Å². The van der Waals surface area contributed by atoms with Gasteiger partial charge < -0.3 is 15.4 Å². The molecule has 1 rings (SSSR count). The summed E-state index contributed by atoms with van der Waals surface area (Å²) < 4.78 is 42.9. The molecular formula is C14H16ClF3N2O3. The second-order valence-electron chi connectivity index (χ2n) is 4.45. The molecule has 2 N–H and O–H groups in total. The molecule has 0 heterocycles. The van der Waals surface area contributed by atoms with Crippen molar-refractivity contribution in [1.82, 2.24) is 5.32 Å². The predicted octanol–water partition coefficient (Wildman–Crippen LogP) is 2.84. The van der Waals surface area contributed by atoms with E-state index in [1.165, 1.54) is 0 Å². The summed E-state index contributed by atoms with van der Waals surface area (Å²) in [6, 6.07) is 2.45. The van der Waals surface area contributed by atoms with Gasteiger partial charge in [0, 0.05) is 19.8 Å². The van der Waals surface area contributed by atoms with Crippen molar-refractivity contribution in [2.45, 2.75) is 19.5 Å². The summed E-state index contributed by atoms with van der Waals surface area (Å²) in [5, 5.41) is 4.29. The van der Waals surface area contributed by atoms with Gasteiger partial charge in [0.1, 0.15) is 0 Å². The second-order valence-corrected chi connectivity index (χ2v) is 4.86. The summed E-state index contributed by atoms with van der Waals surface area (Å²) in [5.74, 6) is -2.06. The first-order chi connectivity index (χ1) is 10.8. The van der Waals surface area contributed by atoms with E-state index in [0.717, 1.165) is 12.1 Å². The number of nitrogens with one attached hydrogen (secondary N) is 2. The number of anilines is 1. The molecule has 23 heavy (non-hydrogen) atoms. The predicted molar refractivity (Wildman–Crippen MR) is 79.2 cm³/mol. The van der Waals surface area contributed by atoms with Crippen molar-refractivity contribution in [1.29, 1.82) is 0 Å². The van der Waals surface area contributed by atoms with Gasteiger partial charge in [-0.2, -0.15) is 13.2 Å². The van der Waals surface area contributed by atoms with Gasteiger partial charge in [-0.3, -0.25) is 9.59 Å². The highest BCUT2D eigenvalue weighted by molar-refractivity contribution is 6.41. The Morgan fingerprint density at radius 2 is 1.96 bits per heavy atom. The Kier molecular flexibility index (Phi) is 7.31. The molecule has 0 aromatic heterocycles. The molecule has 5 nitrogen and oxygen atoms in total. The van der Waals surface area contributed by atoms with E-state index in [9.17, 15) is 22.8 Å². The maximum absolute atomic E-state index is 12.6. The van der Waals surface area contributed by atoms with Gasteiger partial charge in [-0.05, 0) is 31.5 Å². The first kappa shape index (κ1) is 19.2. The molecular weight excluding hydrogens is 337 g/mol. The topological polar surface area (TPSA) is 67.4 Å². The van der Waals surface area contributed by atoms with Gasteiger partial charge in [0.25, 0.3) is 0 Å². The van der Waals surface area contributed by atoms with E-state index in [2.05, 4.69) is 10.6 Å². The number of benzene rings is 1. The lowest BCUT2D eigenvalue weighted by molar-refractivity contribution is -0.137. The highest BCUT2D eigenvalue weighted by Gasteiger charge is 2.31. The number of hydrogen-bond donors (Lipinski definition) is 2. The van der Waals surface area contributed by atoms with Crippen LogP contribution in [0.25, 0.3) is 0 Å². The van der Waals surface area contributed by atoms with Crippen molar-refractivity contribution in [3.8, 4) is 0 Å². The summed E-state index contributed by atoms with van der Waals surface area (Å²) in [7, 11) is 0. The number of ether oxygens (including phenoxy) is 1. The van der Waals surface area contributed by atoms with Gasteiger partial charge in [0.05, 0.1) is 16.3 Å². The van der Waals surface area contributed by atoms with Crippen LogP contribution in [0.3, 0.4) is 0 Å². The number of halogens is 4. The fourth-order valence-corrected chi connectivity index (χ4v) is 1.74. The van der Waals surface area contributed by atoms with Crippen LogP contribution in [-0.2, 0) is 20.5 Å². The standard InChI is InChI=1S/C14H16ClF3N2O3/c1-2-23-7-3-6-19-12(21)13(22)20-11-8-9(14(16,17)18)4-5-10(11)15/h4-5,8H,2-3,6-7H2,1H3,(H,19,21)(H,20,22). The molecule has 0 atom stereocenters. The van der Waals surface area contributed by atoms with E-state index in [-0.39, 0.29) is 17.3 Å². The Balaban J connectivity index is 2.61. The van der Waals surface area contributed by atoms with Crippen LogP contribution in [0, 0.1) is 0 Å². The van der Waals surface area contributed by atoms with Crippen LogP contribution in [0.2, 0.25) is 5.02 Å². The average Bonchev–Trinajstić information content (AvgIpc) is 2.47. The molecule has 1 aromatic rings. The van der Waals surface area contributed by atoms with Crippen LogP contribution in [0.15, 0.2) is 18.2 Å². The van der Waals surface area contributed by atoms with Gasteiger partial charge >= 0.3 is 18.0 Å². The van der Waals surface area contributed by atoms with Crippen LogP contribution < -0.4 is 10.6 Å². The lowest BCUT2D eigenvalue weighted by Gasteiger charge is -2.11. The number of amides is 2. The number of rotatable bonds is 6. The summed E-state index contributed by atoms with van der Waals surface area (Å²) >= 11 is 5.73. The van der Waals surface area contributed by atoms with Crippen LogP contribution in [0.1, 0.15) is 18.9 Å². The third-order valence-corrected chi connectivity index (χ3v) is 3.03. The van der Waals surface area contributed by atoms with Gasteiger partial charge in [-0.1, -0.05) is 11.6 Å². The molecule has 0 unspecified atom stereocenters. The van der Waals surface area contributed by atoms with Gasteiger partial charge in [-0.25, -0.2) is 0 Å². The zero-order valence-corrected chi connectivity index (χ0v) is 13.1. The highest BCUT2D eigenvalue weighted by Crippen LogP contribution is 2.33. The smallest absolute Gasteiger partial charge is 0.382 e. The quantitative estimate of drug-likeness (QED) is 0.611. The van der Waals surface area contributed by atoms with E-state index in [0.29, 0.717) is 25.7 Å². The Hall–Kier alpha value is -1.80. The zero-order chi connectivity index (χ0) is 17.5. The zero-order valence-electron chi connectivity index (χ0n) is 12.3. The van der Waals surface area contributed by atoms with Crippen molar-refractivity contribution >= 4 is 29.1 Å². The van der Waals surface area contributed by atoms with E-state index >= 15 is 0 Å². The molecule has 9 heteroatoms. The first-order valence-electron chi connectivity index (χ1n) is 6.79. The van der Waals surface area contributed by atoms with Crippen LogP contribution in [-0.4, -0.2) is 31.6 Å². The maximum Gasteiger partial charge on any atom is 0.416 e. The minimum atomic E-state index is -4.58. The molecule has 0 spiro atoms. The molecule has 0 aliphatic heterocycles. The minimum absolute atomic E-state index is 0.101. The second kappa shape index (κ2) is 8.73. The normalized spacial score (nSPS) is 11.2. The van der Waals surface area contributed by atoms with Crippen molar-refractivity contribution in [3.05, 3.63) is 28.8 Å². The van der Waals surface area contributed by atoms with Crippen molar-refractivity contribution in [2.75, 3.05) is 25.1 Å². The summed E-state index contributed by atoms with van der Waals surface area (Å²) in [6.45, 7) is 3.01. The lowest BCUT2D eigenvalue weighted by atomic mass is 10.2. The number of alkyl halides is 3. The third-order valence-electron chi connectivity index (χ3n) is 2.70. The third kappa shape index (κ3) is 6.45. The molecule has 128 valence electrons. The maximum atomic E-state index is 12.6. The SMILES string of the molecule is CCOCCCNC(=O)C(=O)Nc1cc(C(F)(F)F)ccc1Cl. The molecule has 0 aliphatic carbocycles. The van der Waals surface area contributed by atoms with E-state index < -0.39 is 23.6 Å². The van der Waals surface area contributed by atoms with Crippen LogP contribution in [0.5, 0.6) is 0 Å². The molecule has 1 aromatic carbocycles. The van der Waals surface area contributed by atoms with Crippen LogP contribution in [0.4, 0.5) is 18.9 Å². The van der Waals surface area contributed by atoms with Crippen molar-refractivity contribution in [2.24, 2.45) is 0 Å². The molecule has 0 fully saturated rings. The van der Waals surface area contributed by atoms with Gasteiger partial charge in [0.15, 0.2) is 0 Å². The minimum Gasteiger partial charge on any atom is -0.382 e. The molecule has 0 bridgehead atoms. The highest BCUT2D eigenvalue weighted by atomic mass is 35.5. The fourth-order valence-electron chi connectivity index (χ4n) is 1.58. The number of hydrogen-bond acceptors (Lipinski definition) is 3. The Morgan fingerprint density at radius 1 is 1.26 bits per heavy atom. The number of carbonyl (C=O) groups excluding carboxylic acids is 2. The molecule has 0 saturated heterocycles. The monoisotopic (exact) mass is 352 g/mol. The summed E-state index contributed by atoms with van der Waals surface area (Å²) in [4.78, 5) is 23.2. The fraction of sp³-hybridized carbons (Fsp3) is 0.429. The van der Waals surface area contributed by atoms with E-state index in [1.54, 1.807) is 0 Å². The van der Waals surface area contributed by atoms with Gasteiger partial charge in [-0.15, -0.1) is 0 Å². The van der Waals surface area contributed by atoms with E-state index in [1.807, 2.05) is 6.92 Å². The Labute approximate surface area is 136 Å². The first-order valence-corrected chi connectivity index (χ1v) is 7.17.